The van der Waals surface area contributed by atoms with E-state index in [9.17, 15) is 0 Å². The largest absolute Gasteiger partial charge is 0.365 e. The standard InChI is InChI=1S/C31H31N2O/c1-6-19-11-12-25-23(17-19)31(4,5)29-21-18-20-26(34-27(21)14-16-33(25)29)13-15-32-24-10-8-7-9-22(24)30(2,3)28(20)32/h1,7-12,17-18,26-27H,13-16H2,2-5H3/q+1. The van der Waals surface area contributed by atoms with Crippen LogP contribution in [0.1, 0.15) is 57.2 Å². The molecular formula is C31H31N2O+. The van der Waals surface area contributed by atoms with Gasteiger partial charge in [-0.1, -0.05) is 38.0 Å². The molecule has 2 atom stereocenters. The van der Waals surface area contributed by atoms with Gasteiger partial charge in [0, 0.05) is 58.1 Å². The maximum atomic E-state index is 6.91. The van der Waals surface area contributed by atoms with Gasteiger partial charge < -0.3 is 9.64 Å². The Morgan fingerprint density at radius 2 is 1.82 bits per heavy atom. The highest BCUT2D eigenvalue weighted by atomic mass is 16.5. The van der Waals surface area contributed by atoms with Crippen LogP contribution < -0.4 is 4.90 Å². The van der Waals surface area contributed by atoms with Crippen LogP contribution in [0.2, 0.25) is 0 Å². The molecule has 0 amide bonds. The Balaban J connectivity index is 1.44. The molecule has 5 aliphatic rings. The first-order chi connectivity index (χ1) is 16.3. The number of hydrogen-bond acceptors (Lipinski definition) is 2. The highest BCUT2D eigenvalue weighted by Gasteiger charge is 2.54. The molecule has 0 aliphatic carbocycles. The number of hydrogen-bond donors (Lipinski definition) is 0. The van der Waals surface area contributed by atoms with Crippen molar-refractivity contribution in [3.8, 4) is 12.3 Å². The number of benzene rings is 2. The molecule has 3 heteroatoms. The Labute approximate surface area is 202 Å². The predicted molar refractivity (Wildman–Crippen MR) is 137 cm³/mol. The van der Waals surface area contributed by atoms with E-state index in [1.807, 2.05) is 0 Å². The van der Waals surface area contributed by atoms with Gasteiger partial charge in [0.25, 0.3) is 0 Å². The predicted octanol–water partition coefficient (Wildman–Crippen LogP) is 5.60. The lowest BCUT2D eigenvalue weighted by Crippen LogP contribution is -2.47. The number of rotatable bonds is 0. The van der Waals surface area contributed by atoms with Crippen molar-refractivity contribution in [2.75, 3.05) is 18.0 Å². The number of ether oxygens (including phenoxy) is 1. The maximum Gasteiger partial charge on any atom is 0.209 e. The highest BCUT2D eigenvalue weighted by molar-refractivity contribution is 6.08. The fourth-order valence-corrected chi connectivity index (χ4v) is 7.35. The van der Waals surface area contributed by atoms with Gasteiger partial charge in [-0.15, -0.1) is 6.42 Å². The molecule has 0 spiro atoms. The summed E-state index contributed by atoms with van der Waals surface area (Å²) in [7, 11) is 0. The van der Waals surface area contributed by atoms with E-state index >= 15 is 0 Å². The monoisotopic (exact) mass is 447 g/mol. The van der Waals surface area contributed by atoms with Crippen LogP contribution in [0.3, 0.4) is 0 Å². The summed E-state index contributed by atoms with van der Waals surface area (Å²) in [5.74, 6) is 2.83. The van der Waals surface area contributed by atoms with Crippen LogP contribution in [0, 0.1) is 12.3 Å². The number of para-hydroxylation sites is 1. The van der Waals surface area contributed by atoms with Crippen molar-refractivity contribution in [1.82, 2.24) is 0 Å². The first-order valence-electron chi connectivity index (χ1n) is 12.6. The lowest BCUT2D eigenvalue weighted by Gasteiger charge is -2.42. The van der Waals surface area contributed by atoms with Crippen molar-refractivity contribution in [3.63, 3.8) is 0 Å². The average molecular weight is 448 g/mol. The van der Waals surface area contributed by atoms with E-state index in [1.165, 1.54) is 45.1 Å². The zero-order valence-electron chi connectivity index (χ0n) is 20.5. The zero-order valence-corrected chi connectivity index (χ0v) is 20.5. The molecule has 2 aromatic carbocycles. The average Bonchev–Trinajstić information content (AvgIpc) is 3.22. The molecule has 0 saturated carbocycles. The van der Waals surface area contributed by atoms with E-state index in [-0.39, 0.29) is 23.0 Å². The topological polar surface area (TPSA) is 15.5 Å². The number of terminal acetylenes is 1. The van der Waals surface area contributed by atoms with Crippen LogP contribution >= 0.6 is 0 Å². The molecule has 7 rings (SSSR count). The normalized spacial score (nSPS) is 27.1. The van der Waals surface area contributed by atoms with E-state index in [0.717, 1.165) is 31.5 Å². The zero-order chi connectivity index (χ0) is 23.4. The third-order valence-electron chi connectivity index (χ3n) is 8.83. The van der Waals surface area contributed by atoms with Gasteiger partial charge in [0.05, 0.1) is 17.6 Å². The lowest BCUT2D eigenvalue weighted by molar-refractivity contribution is -0.445. The Morgan fingerprint density at radius 3 is 2.65 bits per heavy atom. The van der Waals surface area contributed by atoms with Crippen LogP contribution in [0.25, 0.3) is 0 Å². The van der Waals surface area contributed by atoms with Crippen molar-refractivity contribution in [3.05, 3.63) is 82.1 Å². The summed E-state index contributed by atoms with van der Waals surface area (Å²) in [5.41, 5.74) is 11.8. The first kappa shape index (κ1) is 20.3. The molecule has 5 aliphatic heterocycles. The van der Waals surface area contributed by atoms with E-state index in [4.69, 9.17) is 11.2 Å². The Bertz CT molecular complexity index is 1410. The van der Waals surface area contributed by atoms with E-state index < -0.39 is 0 Å². The summed E-state index contributed by atoms with van der Waals surface area (Å²) in [4.78, 5) is 2.53. The molecule has 0 aromatic heterocycles. The van der Waals surface area contributed by atoms with E-state index in [0.29, 0.717) is 0 Å². The third kappa shape index (κ3) is 2.40. The molecule has 170 valence electrons. The van der Waals surface area contributed by atoms with E-state index in [2.05, 4.69) is 91.6 Å². The second kappa shape index (κ2) is 6.52. The Hall–Kier alpha value is -3.09. The quantitative estimate of drug-likeness (QED) is 0.386. The number of nitrogens with zero attached hydrogens (tertiary/aromatic N) is 2. The van der Waals surface area contributed by atoms with Gasteiger partial charge in [-0.25, -0.2) is 0 Å². The van der Waals surface area contributed by atoms with Gasteiger partial charge in [0.2, 0.25) is 5.69 Å². The molecule has 2 aromatic rings. The molecule has 0 radical (unpaired) electrons. The SMILES string of the molecule is C#Cc1ccc2c(c1)C(C)(C)C1=C3C=C4C5=[N+](CCC4OC3CCN12)c1ccccc1C5(C)C. The minimum absolute atomic E-state index is 0.0350. The van der Waals surface area contributed by atoms with Gasteiger partial charge in [0.1, 0.15) is 0 Å². The highest BCUT2D eigenvalue weighted by Crippen LogP contribution is 2.54. The summed E-state index contributed by atoms with van der Waals surface area (Å²) in [6.45, 7) is 11.4. The van der Waals surface area contributed by atoms with Crippen molar-refractivity contribution in [2.45, 2.75) is 63.6 Å². The van der Waals surface area contributed by atoms with Crippen molar-refractivity contribution < 1.29 is 9.31 Å². The smallest absolute Gasteiger partial charge is 0.209 e. The maximum absolute atomic E-state index is 6.91. The summed E-state index contributed by atoms with van der Waals surface area (Å²) in [5, 5.41) is 0. The minimum Gasteiger partial charge on any atom is -0.365 e. The number of allylic oxidation sites excluding steroid dienone is 1. The van der Waals surface area contributed by atoms with Crippen molar-refractivity contribution in [2.24, 2.45) is 0 Å². The fourth-order valence-electron chi connectivity index (χ4n) is 7.35. The second-order valence-electron chi connectivity index (χ2n) is 11.4. The van der Waals surface area contributed by atoms with Gasteiger partial charge in [-0.3, -0.25) is 0 Å². The van der Waals surface area contributed by atoms with Crippen LogP contribution in [0.15, 0.2) is 65.4 Å². The number of anilines is 1. The van der Waals surface area contributed by atoms with Crippen molar-refractivity contribution >= 4 is 17.1 Å². The molecule has 34 heavy (non-hydrogen) atoms. The first-order valence-corrected chi connectivity index (χ1v) is 12.6. The molecule has 0 saturated heterocycles. The fraction of sp³-hybridized carbons (Fsp3) is 0.387. The van der Waals surface area contributed by atoms with Crippen LogP contribution in [0.4, 0.5) is 11.4 Å². The summed E-state index contributed by atoms with van der Waals surface area (Å²) in [6, 6.07) is 15.4. The molecule has 0 N–H and O–H groups in total. The minimum atomic E-state index is -0.114. The van der Waals surface area contributed by atoms with Gasteiger partial charge >= 0.3 is 0 Å². The van der Waals surface area contributed by atoms with Gasteiger partial charge in [-0.05, 0) is 50.1 Å². The van der Waals surface area contributed by atoms with Crippen LogP contribution in [-0.4, -0.2) is 35.6 Å². The molecular weight excluding hydrogens is 416 g/mol. The molecule has 0 fully saturated rings. The molecule has 5 heterocycles. The number of fused-ring (bicyclic) bond motifs is 8. The molecule has 2 unspecified atom stereocenters. The summed E-state index contributed by atoms with van der Waals surface area (Å²) >= 11 is 0. The Kier molecular flexibility index (Phi) is 3.89. The van der Waals surface area contributed by atoms with Gasteiger partial charge in [-0.2, -0.15) is 4.58 Å². The molecule has 3 nitrogen and oxygen atoms in total. The lowest BCUT2D eigenvalue weighted by atomic mass is 9.74. The van der Waals surface area contributed by atoms with Crippen LogP contribution in [0.5, 0.6) is 0 Å². The summed E-state index contributed by atoms with van der Waals surface area (Å²) < 4.78 is 9.46. The Morgan fingerprint density at radius 1 is 1.00 bits per heavy atom. The van der Waals surface area contributed by atoms with Crippen molar-refractivity contribution in [1.29, 1.82) is 0 Å². The van der Waals surface area contributed by atoms with E-state index in [1.54, 1.807) is 0 Å². The molecule has 0 bridgehead atoms. The summed E-state index contributed by atoms with van der Waals surface area (Å²) in [6.07, 6.45) is 10.7. The third-order valence-corrected chi connectivity index (χ3v) is 8.83. The van der Waals surface area contributed by atoms with Gasteiger partial charge in [0.15, 0.2) is 12.3 Å². The second-order valence-corrected chi connectivity index (χ2v) is 11.4. The van der Waals surface area contributed by atoms with Crippen LogP contribution in [-0.2, 0) is 15.6 Å².